The third-order valence-electron chi connectivity index (χ3n) is 4.55. The number of thioether (sulfide) groups is 1. The van der Waals surface area contributed by atoms with Gasteiger partial charge in [-0.1, -0.05) is 35.5 Å². The van der Waals surface area contributed by atoms with E-state index >= 15 is 0 Å². The van der Waals surface area contributed by atoms with Crippen molar-refractivity contribution in [3.8, 4) is 11.5 Å². The maximum Gasteiger partial charge on any atom is 0.296 e. The second-order valence-electron chi connectivity index (χ2n) is 6.76. The largest absolute Gasteiger partial charge is 0.493 e. The van der Waals surface area contributed by atoms with Crippen molar-refractivity contribution in [1.29, 1.82) is 0 Å². The van der Waals surface area contributed by atoms with E-state index in [-0.39, 0.29) is 11.3 Å². The predicted octanol–water partition coefficient (Wildman–Crippen LogP) is 3.76. The van der Waals surface area contributed by atoms with Crippen LogP contribution in [0.4, 0.5) is 0 Å². The second-order valence-corrected chi connectivity index (χ2v) is 7.54. The molecule has 0 radical (unpaired) electrons. The second kappa shape index (κ2) is 9.58. The molecule has 8 heteroatoms. The van der Waals surface area contributed by atoms with Crippen LogP contribution in [0.15, 0.2) is 51.5 Å². The summed E-state index contributed by atoms with van der Waals surface area (Å²) in [6.45, 7) is 6.18. The number of benzene rings is 2. The molecule has 0 bridgehead atoms. The zero-order chi connectivity index (χ0) is 21.7. The third-order valence-corrected chi connectivity index (χ3v) is 5.17. The number of aryl methyl sites for hydroxylation is 3. The normalized spacial score (nSPS) is 11.1. The Morgan fingerprint density at radius 2 is 1.90 bits per heavy atom. The molecule has 156 valence electrons. The van der Waals surface area contributed by atoms with Gasteiger partial charge >= 0.3 is 0 Å². The van der Waals surface area contributed by atoms with Crippen LogP contribution in [0.5, 0.6) is 11.5 Å². The quantitative estimate of drug-likeness (QED) is 0.425. The lowest BCUT2D eigenvalue weighted by atomic mass is 10.1. The van der Waals surface area contributed by atoms with Crippen LogP contribution < -0.4 is 15.0 Å². The third kappa shape index (κ3) is 4.88. The number of ether oxygens (including phenoxy) is 2. The van der Waals surface area contributed by atoms with E-state index in [0.717, 1.165) is 11.1 Å². The van der Waals surface area contributed by atoms with Gasteiger partial charge in [-0.2, -0.15) is 9.78 Å². The first-order valence-electron chi connectivity index (χ1n) is 9.34. The first-order valence-corrected chi connectivity index (χ1v) is 10.6. The minimum Gasteiger partial charge on any atom is -0.493 e. The molecule has 0 fully saturated rings. The Balaban J connectivity index is 1.83. The van der Waals surface area contributed by atoms with E-state index < -0.39 is 0 Å². The van der Waals surface area contributed by atoms with E-state index in [1.165, 1.54) is 27.6 Å². The van der Waals surface area contributed by atoms with Gasteiger partial charge in [0.1, 0.15) is 12.3 Å². The van der Waals surface area contributed by atoms with Crippen molar-refractivity contribution in [1.82, 2.24) is 14.9 Å². The Kier molecular flexibility index (Phi) is 6.89. The fourth-order valence-corrected chi connectivity index (χ4v) is 3.22. The average Bonchev–Trinajstić information content (AvgIpc) is 2.75. The van der Waals surface area contributed by atoms with Crippen LogP contribution in [0.25, 0.3) is 0 Å². The summed E-state index contributed by atoms with van der Waals surface area (Å²) in [5.41, 5.74) is 4.26. The molecule has 0 aliphatic heterocycles. The number of hydrogen-bond acceptors (Lipinski definition) is 7. The number of methoxy groups -OCH3 is 1. The standard InChI is InChI=1S/C22H24N4O3S/c1-14-6-7-15(2)18(10-14)13-29-19-9-8-17(11-20(19)28-4)12-23-26-21(27)16(3)24-25-22(26)30-5/h6-12H,13H2,1-5H3/b23-12-. The molecule has 1 heterocycles. The Morgan fingerprint density at radius 3 is 2.63 bits per heavy atom. The van der Waals surface area contributed by atoms with Crippen molar-refractivity contribution < 1.29 is 9.47 Å². The van der Waals surface area contributed by atoms with Crippen LogP contribution in [-0.4, -0.2) is 34.5 Å². The van der Waals surface area contributed by atoms with Gasteiger partial charge in [0.2, 0.25) is 5.16 Å². The molecule has 0 atom stereocenters. The molecular formula is C22H24N4O3S. The monoisotopic (exact) mass is 424 g/mol. The van der Waals surface area contributed by atoms with Crippen molar-refractivity contribution in [2.24, 2.45) is 5.10 Å². The summed E-state index contributed by atoms with van der Waals surface area (Å²) in [4.78, 5) is 12.3. The number of aromatic nitrogens is 3. The van der Waals surface area contributed by atoms with Gasteiger partial charge in [-0.15, -0.1) is 10.2 Å². The molecule has 0 spiro atoms. The summed E-state index contributed by atoms with van der Waals surface area (Å²) in [7, 11) is 1.59. The van der Waals surface area contributed by atoms with Crippen LogP contribution in [-0.2, 0) is 6.61 Å². The van der Waals surface area contributed by atoms with Gasteiger partial charge in [0.15, 0.2) is 11.5 Å². The minimum absolute atomic E-state index is 0.290. The molecule has 0 aliphatic rings. The maximum absolute atomic E-state index is 12.3. The van der Waals surface area contributed by atoms with Gasteiger partial charge in [0.25, 0.3) is 5.56 Å². The Labute approximate surface area is 179 Å². The van der Waals surface area contributed by atoms with Gasteiger partial charge in [-0.3, -0.25) is 4.79 Å². The molecule has 0 aliphatic carbocycles. The molecule has 7 nitrogen and oxygen atoms in total. The average molecular weight is 425 g/mol. The lowest BCUT2D eigenvalue weighted by molar-refractivity contribution is 0.284. The number of nitrogens with zero attached hydrogens (tertiary/aromatic N) is 4. The first-order chi connectivity index (χ1) is 14.4. The summed E-state index contributed by atoms with van der Waals surface area (Å²) < 4.78 is 12.7. The predicted molar refractivity (Wildman–Crippen MR) is 119 cm³/mol. The van der Waals surface area contributed by atoms with E-state index in [2.05, 4.69) is 47.3 Å². The van der Waals surface area contributed by atoms with Crippen LogP contribution in [0.3, 0.4) is 0 Å². The van der Waals surface area contributed by atoms with Crippen LogP contribution in [0.2, 0.25) is 0 Å². The van der Waals surface area contributed by atoms with Gasteiger partial charge in [0, 0.05) is 0 Å². The molecular weight excluding hydrogens is 400 g/mol. The van der Waals surface area contributed by atoms with Gasteiger partial charge < -0.3 is 9.47 Å². The van der Waals surface area contributed by atoms with E-state index in [0.29, 0.717) is 23.3 Å². The van der Waals surface area contributed by atoms with Gasteiger partial charge in [-0.25, -0.2) is 0 Å². The zero-order valence-electron chi connectivity index (χ0n) is 17.7. The fourth-order valence-electron chi connectivity index (χ4n) is 2.79. The first kappa shape index (κ1) is 21.6. The molecule has 30 heavy (non-hydrogen) atoms. The molecule has 2 aromatic carbocycles. The Morgan fingerprint density at radius 1 is 1.10 bits per heavy atom. The highest BCUT2D eigenvalue weighted by Gasteiger charge is 2.09. The van der Waals surface area contributed by atoms with E-state index in [4.69, 9.17) is 9.47 Å². The van der Waals surface area contributed by atoms with Crippen LogP contribution in [0, 0.1) is 20.8 Å². The summed E-state index contributed by atoms with van der Waals surface area (Å²) in [5, 5.41) is 12.6. The topological polar surface area (TPSA) is 78.6 Å². The van der Waals surface area contributed by atoms with Gasteiger partial charge in [-0.05, 0) is 61.9 Å². The summed E-state index contributed by atoms with van der Waals surface area (Å²) in [5.74, 6) is 1.23. The van der Waals surface area contributed by atoms with E-state index in [1.54, 1.807) is 20.2 Å². The molecule has 0 amide bonds. The highest BCUT2D eigenvalue weighted by molar-refractivity contribution is 7.98. The Hall–Kier alpha value is -3.13. The number of hydrogen-bond donors (Lipinski definition) is 0. The molecule has 0 unspecified atom stereocenters. The van der Waals surface area contributed by atoms with Crippen molar-refractivity contribution in [2.45, 2.75) is 32.5 Å². The molecule has 3 aromatic rings. The molecule has 0 saturated carbocycles. The molecule has 0 saturated heterocycles. The van der Waals surface area contributed by atoms with Crippen LogP contribution in [0.1, 0.15) is 27.9 Å². The molecule has 0 N–H and O–H groups in total. The lowest BCUT2D eigenvalue weighted by Gasteiger charge is -2.13. The molecule has 1 aromatic heterocycles. The summed E-state index contributed by atoms with van der Waals surface area (Å²) in [6, 6.07) is 11.8. The zero-order valence-corrected chi connectivity index (χ0v) is 18.5. The van der Waals surface area contributed by atoms with Gasteiger partial charge in [0.05, 0.1) is 13.3 Å². The summed E-state index contributed by atoms with van der Waals surface area (Å²) in [6.07, 6.45) is 3.40. The number of rotatable bonds is 7. The smallest absolute Gasteiger partial charge is 0.296 e. The summed E-state index contributed by atoms with van der Waals surface area (Å²) >= 11 is 1.30. The van der Waals surface area contributed by atoms with Crippen molar-refractivity contribution >= 4 is 18.0 Å². The molecule has 3 rings (SSSR count). The van der Waals surface area contributed by atoms with E-state index in [1.807, 2.05) is 24.5 Å². The Bertz CT molecular complexity index is 1140. The van der Waals surface area contributed by atoms with Crippen molar-refractivity contribution in [3.63, 3.8) is 0 Å². The lowest BCUT2D eigenvalue weighted by Crippen LogP contribution is -2.23. The van der Waals surface area contributed by atoms with Crippen molar-refractivity contribution in [2.75, 3.05) is 13.4 Å². The van der Waals surface area contributed by atoms with Crippen molar-refractivity contribution in [3.05, 3.63) is 74.7 Å². The minimum atomic E-state index is -0.300. The highest BCUT2D eigenvalue weighted by atomic mass is 32.2. The fraction of sp³-hybridized carbons (Fsp3) is 0.273. The highest BCUT2D eigenvalue weighted by Crippen LogP contribution is 2.29. The maximum atomic E-state index is 12.3. The SMILES string of the molecule is COc1cc(/C=N\n2c(SC)nnc(C)c2=O)ccc1OCc1cc(C)ccc1C. The van der Waals surface area contributed by atoms with Crippen LogP contribution >= 0.6 is 11.8 Å². The van der Waals surface area contributed by atoms with E-state index in [9.17, 15) is 4.79 Å².